The van der Waals surface area contributed by atoms with Gasteiger partial charge in [0.15, 0.2) is 0 Å². The number of carbonyl (C=O) groups is 2. The minimum Gasteiger partial charge on any atom is -0.312 e. The van der Waals surface area contributed by atoms with Crippen LogP contribution in [0.5, 0.6) is 0 Å². The fourth-order valence-electron chi connectivity index (χ4n) is 3.23. The minimum atomic E-state index is -0.968. The molecule has 4 nitrogen and oxygen atoms in total. The molecule has 0 aliphatic carbocycles. The average Bonchev–Trinajstić information content (AvgIpc) is 3.01. The standard InChI is InChI=1S/C17H14N2O2S/c1-18-14-10-6-5-9-13(14)17(16(18)21)19(15(20)11-22-17)12-7-3-2-4-8-12/h2-10H,11H2,1H3/t17-/m0/s1. The maximum atomic E-state index is 13.0. The Balaban J connectivity index is 1.97. The third-order valence-corrected chi connectivity index (χ3v) is 5.59. The van der Waals surface area contributed by atoms with Crippen LogP contribution >= 0.6 is 11.8 Å². The lowest BCUT2D eigenvalue weighted by atomic mass is 10.0. The van der Waals surface area contributed by atoms with E-state index < -0.39 is 4.87 Å². The van der Waals surface area contributed by atoms with Crippen molar-refractivity contribution in [2.24, 2.45) is 0 Å². The molecule has 1 spiro atoms. The summed E-state index contributed by atoms with van der Waals surface area (Å²) in [6.07, 6.45) is 0. The van der Waals surface area contributed by atoms with Crippen molar-refractivity contribution in [2.45, 2.75) is 4.87 Å². The second-order valence-electron chi connectivity index (χ2n) is 5.38. The highest BCUT2D eigenvalue weighted by molar-refractivity contribution is 8.02. The van der Waals surface area contributed by atoms with Gasteiger partial charge >= 0.3 is 0 Å². The zero-order chi connectivity index (χ0) is 15.3. The van der Waals surface area contributed by atoms with Gasteiger partial charge in [-0.15, -0.1) is 11.8 Å². The van der Waals surface area contributed by atoms with E-state index in [1.54, 1.807) is 16.8 Å². The van der Waals surface area contributed by atoms with Crippen molar-refractivity contribution in [1.82, 2.24) is 0 Å². The van der Waals surface area contributed by atoms with E-state index in [9.17, 15) is 9.59 Å². The second-order valence-corrected chi connectivity index (χ2v) is 6.55. The van der Waals surface area contributed by atoms with Crippen LogP contribution in [0, 0.1) is 0 Å². The number of hydrogen-bond donors (Lipinski definition) is 0. The SMILES string of the molecule is CN1C(=O)[C@@]2(SCC(=O)N2c2ccccc2)c2ccccc21. The fourth-order valence-corrected chi connectivity index (χ4v) is 4.62. The molecule has 1 fully saturated rings. The van der Waals surface area contributed by atoms with Crippen LogP contribution < -0.4 is 9.80 Å². The molecule has 0 unspecified atom stereocenters. The molecular weight excluding hydrogens is 296 g/mol. The first-order chi connectivity index (χ1) is 10.7. The quantitative estimate of drug-likeness (QED) is 0.813. The highest BCUT2D eigenvalue weighted by Crippen LogP contribution is 2.55. The van der Waals surface area contributed by atoms with Gasteiger partial charge in [0.25, 0.3) is 5.91 Å². The normalized spacial score (nSPS) is 23.5. The fraction of sp³-hybridized carbons (Fsp3) is 0.176. The summed E-state index contributed by atoms with van der Waals surface area (Å²) in [6, 6.07) is 17.1. The maximum Gasteiger partial charge on any atom is 0.268 e. The number of hydrogen-bond acceptors (Lipinski definition) is 3. The lowest BCUT2D eigenvalue weighted by molar-refractivity contribution is -0.123. The van der Waals surface area contributed by atoms with Gasteiger partial charge in [0.1, 0.15) is 0 Å². The lowest BCUT2D eigenvalue weighted by Gasteiger charge is -2.32. The molecule has 0 N–H and O–H groups in total. The second kappa shape index (κ2) is 4.61. The predicted octanol–water partition coefficient (Wildman–Crippen LogP) is 2.60. The number of thioether (sulfide) groups is 1. The summed E-state index contributed by atoms with van der Waals surface area (Å²) in [6.45, 7) is 0. The average molecular weight is 310 g/mol. The van der Waals surface area contributed by atoms with Crippen LogP contribution in [0.2, 0.25) is 0 Å². The molecule has 2 aliphatic rings. The first-order valence-electron chi connectivity index (χ1n) is 7.06. The molecule has 1 atom stereocenters. The summed E-state index contributed by atoms with van der Waals surface area (Å²) in [5.74, 6) is 0.214. The summed E-state index contributed by atoms with van der Waals surface area (Å²) in [5, 5.41) is 0. The lowest BCUT2D eigenvalue weighted by Crippen LogP contribution is -2.49. The molecule has 110 valence electrons. The maximum absolute atomic E-state index is 13.0. The van der Waals surface area contributed by atoms with Crippen LogP contribution in [-0.4, -0.2) is 24.6 Å². The summed E-state index contributed by atoms with van der Waals surface area (Å²) in [4.78, 5) is 27.9. The summed E-state index contributed by atoms with van der Waals surface area (Å²) in [7, 11) is 1.77. The van der Waals surface area contributed by atoms with Crippen molar-refractivity contribution < 1.29 is 9.59 Å². The zero-order valence-electron chi connectivity index (χ0n) is 12.0. The first-order valence-corrected chi connectivity index (χ1v) is 8.04. The molecule has 0 saturated carbocycles. The molecule has 2 aromatic rings. The third-order valence-electron chi connectivity index (χ3n) is 4.21. The highest BCUT2D eigenvalue weighted by Gasteiger charge is 2.60. The summed E-state index contributed by atoms with van der Waals surface area (Å²) < 4.78 is 0. The van der Waals surface area contributed by atoms with Crippen LogP contribution in [0.3, 0.4) is 0 Å². The molecular formula is C17H14N2O2S. The topological polar surface area (TPSA) is 40.6 Å². The van der Waals surface area contributed by atoms with Gasteiger partial charge in [-0.2, -0.15) is 0 Å². The largest absolute Gasteiger partial charge is 0.312 e. The van der Waals surface area contributed by atoms with E-state index in [1.165, 1.54) is 11.8 Å². The van der Waals surface area contributed by atoms with E-state index in [0.717, 1.165) is 16.9 Å². The molecule has 22 heavy (non-hydrogen) atoms. The Hall–Kier alpha value is -2.27. The van der Waals surface area contributed by atoms with E-state index >= 15 is 0 Å². The molecule has 2 aromatic carbocycles. The van der Waals surface area contributed by atoms with Gasteiger partial charge in [-0.05, 0) is 18.2 Å². The molecule has 0 bridgehead atoms. The van der Waals surface area contributed by atoms with Crippen LogP contribution in [0.15, 0.2) is 54.6 Å². The van der Waals surface area contributed by atoms with Gasteiger partial charge in [-0.25, -0.2) is 0 Å². The number of likely N-dealkylation sites (N-methyl/N-ethyl adjacent to an activating group) is 1. The smallest absolute Gasteiger partial charge is 0.268 e. The van der Waals surface area contributed by atoms with Crippen LogP contribution in [0.25, 0.3) is 0 Å². The van der Waals surface area contributed by atoms with Crippen molar-refractivity contribution in [1.29, 1.82) is 0 Å². The van der Waals surface area contributed by atoms with Gasteiger partial charge in [0.2, 0.25) is 10.8 Å². The van der Waals surface area contributed by atoms with Gasteiger partial charge in [-0.3, -0.25) is 14.5 Å². The van der Waals surface area contributed by atoms with Crippen LogP contribution in [0.4, 0.5) is 11.4 Å². The Bertz CT molecular complexity index is 777. The number of benzene rings is 2. The molecule has 0 aromatic heterocycles. The van der Waals surface area contributed by atoms with E-state index in [4.69, 9.17) is 0 Å². The molecule has 0 radical (unpaired) electrons. The van der Waals surface area contributed by atoms with Crippen molar-refractivity contribution in [3.63, 3.8) is 0 Å². The van der Waals surface area contributed by atoms with Gasteiger partial charge < -0.3 is 4.90 Å². The van der Waals surface area contributed by atoms with E-state index in [2.05, 4.69) is 0 Å². The number of nitrogens with zero attached hydrogens (tertiary/aromatic N) is 2. The Morgan fingerprint density at radius 2 is 1.68 bits per heavy atom. The minimum absolute atomic E-state index is 0.0327. The van der Waals surface area contributed by atoms with Crippen molar-refractivity contribution in [3.8, 4) is 0 Å². The molecule has 4 rings (SSSR count). The number of amides is 2. The van der Waals surface area contributed by atoms with Crippen LogP contribution in [-0.2, 0) is 14.5 Å². The Morgan fingerprint density at radius 1 is 1.00 bits per heavy atom. The Labute approximate surface area is 132 Å². The molecule has 2 amide bonds. The predicted molar refractivity (Wildman–Crippen MR) is 87.9 cm³/mol. The number of carbonyl (C=O) groups excluding carboxylic acids is 2. The van der Waals surface area contributed by atoms with Crippen LogP contribution in [0.1, 0.15) is 5.56 Å². The number of anilines is 2. The van der Waals surface area contributed by atoms with E-state index in [1.807, 2.05) is 54.6 Å². The van der Waals surface area contributed by atoms with Gasteiger partial charge in [-0.1, -0.05) is 36.4 Å². The first kappa shape index (κ1) is 13.4. The monoisotopic (exact) mass is 310 g/mol. The Morgan fingerprint density at radius 3 is 2.45 bits per heavy atom. The highest BCUT2D eigenvalue weighted by atomic mass is 32.2. The molecule has 5 heteroatoms. The number of para-hydroxylation sites is 2. The zero-order valence-corrected chi connectivity index (χ0v) is 12.8. The summed E-state index contributed by atoms with van der Waals surface area (Å²) in [5.41, 5.74) is 2.52. The summed E-state index contributed by atoms with van der Waals surface area (Å²) >= 11 is 1.40. The Kier molecular flexibility index (Phi) is 2.81. The van der Waals surface area contributed by atoms with E-state index in [0.29, 0.717) is 5.75 Å². The number of fused-ring (bicyclic) bond motifs is 2. The number of rotatable bonds is 1. The molecule has 1 saturated heterocycles. The van der Waals surface area contributed by atoms with Crippen molar-refractivity contribution in [2.75, 3.05) is 22.6 Å². The van der Waals surface area contributed by atoms with E-state index in [-0.39, 0.29) is 11.8 Å². The molecule has 2 aliphatic heterocycles. The van der Waals surface area contributed by atoms with Crippen molar-refractivity contribution >= 4 is 35.0 Å². The van der Waals surface area contributed by atoms with Crippen molar-refractivity contribution in [3.05, 3.63) is 60.2 Å². The van der Waals surface area contributed by atoms with Gasteiger partial charge in [0.05, 0.1) is 11.4 Å². The van der Waals surface area contributed by atoms with Gasteiger partial charge in [0, 0.05) is 18.3 Å². The molecule has 2 heterocycles. The third kappa shape index (κ3) is 1.54.